The van der Waals surface area contributed by atoms with Crippen LogP contribution in [0.5, 0.6) is 11.5 Å². The fourth-order valence-corrected chi connectivity index (χ4v) is 3.13. The van der Waals surface area contributed by atoms with Gasteiger partial charge in [0.15, 0.2) is 5.65 Å². The van der Waals surface area contributed by atoms with E-state index in [2.05, 4.69) is 26.0 Å². The second kappa shape index (κ2) is 8.73. The summed E-state index contributed by atoms with van der Waals surface area (Å²) >= 11 is 0. The average Bonchev–Trinajstić information content (AvgIpc) is 3.16. The van der Waals surface area contributed by atoms with E-state index < -0.39 is 0 Å². The number of aromatic nitrogens is 4. The van der Waals surface area contributed by atoms with E-state index in [0.717, 1.165) is 41.2 Å². The Morgan fingerprint density at radius 1 is 1.03 bits per heavy atom. The Kier molecular flexibility index (Phi) is 5.70. The van der Waals surface area contributed by atoms with E-state index in [4.69, 9.17) is 9.47 Å². The highest BCUT2D eigenvalue weighted by Gasteiger charge is 2.11. The number of fused-ring (bicyclic) bond motifs is 1. The second-order valence-corrected chi connectivity index (χ2v) is 7.13. The molecule has 3 heterocycles. The van der Waals surface area contributed by atoms with Crippen LogP contribution in [-0.4, -0.2) is 32.6 Å². The molecule has 0 atom stereocenters. The van der Waals surface area contributed by atoms with Crippen molar-refractivity contribution in [2.24, 2.45) is 0 Å². The van der Waals surface area contributed by atoms with E-state index in [-0.39, 0.29) is 6.10 Å². The van der Waals surface area contributed by atoms with Gasteiger partial charge in [-0.2, -0.15) is 0 Å². The van der Waals surface area contributed by atoms with Crippen LogP contribution in [0, 0.1) is 0 Å². The Labute approximate surface area is 170 Å². The number of aryl methyl sites for hydroxylation is 1. The molecule has 0 aliphatic rings. The molecule has 0 bridgehead atoms. The van der Waals surface area contributed by atoms with Gasteiger partial charge in [-0.1, -0.05) is 6.07 Å². The SMILES string of the molecule is CC(C)Oc1cc(OCCCc2cccnc2)cc(-c2nc3ncccc3[nH]2)c1. The molecule has 0 aliphatic carbocycles. The Morgan fingerprint density at radius 2 is 1.90 bits per heavy atom. The van der Waals surface area contributed by atoms with Gasteiger partial charge in [-0.05, 0) is 62.6 Å². The Balaban J connectivity index is 1.52. The maximum atomic E-state index is 6.03. The summed E-state index contributed by atoms with van der Waals surface area (Å²) in [5.74, 6) is 2.26. The minimum atomic E-state index is 0.0704. The quantitative estimate of drug-likeness (QED) is 0.438. The van der Waals surface area contributed by atoms with Gasteiger partial charge in [-0.15, -0.1) is 0 Å². The first-order chi connectivity index (χ1) is 14.2. The number of ether oxygens (including phenoxy) is 2. The molecule has 6 nitrogen and oxygen atoms in total. The maximum absolute atomic E-state index is 6.03. The van der Waals surface area contributed by atoms with Crippen molar-refractivity contribution in [1.29, 1.82) is 0 Å². The smallest absolute Gasteiger partial charge is 0.178 e. The second-order valence-electron chi connectivity index (χ2n) is 7.13. The first-order valence-electron chi connectivity index (χ1n) is 9.82. The molecule has 4 aromatic rings. The third-order valence-electron chi connectivity index (χ3n) is 4.38. The lowest BCUT2D eigenvalue weighted by Gasteiger charge is -2.13. The van der Waals surface area contributed by atoms with E-state index in [1.807, 2.05) is 56.4 Å². The molecule has 148 valence electrons. The molecular weight excluding hydrogens is 364 g/mol. The summed E-state index contributed by atoms with van der Waals surface area (Å²) in [5.41, 5.74) is 3.71. The van der Waals surface area contributed by atoms with Crippen LogP contribution < -0.4 is 9.47 Å². The molecule has 29 heavy (non-hydrogen) atoms. The first-order valence-corrected chi connectivity index (χ1v) is 9.82. The predicted molar refractivity (Wildman–Crippen MR) is 113 cm³/mol. The third-order valence-corrected chi connectivity index (χ3v) is 4.38. The molecule has 0 radical (unpaired) electrons. The fourth-order valence-electron chi connectivity index (χ4n) is 3.13. The van der Waals surface area contributed by atoms with Crippen LogP contribution in [0.15, 0.2) is 61.1 Å². The molecule has 6 heteroatoms. The maximum Gasteiger partial charge on any atom is 0.178 e. The number of H-pyrrole nitrogens is 1. The summed E-state index contributed by atoms with van der Waals surface area (Å²) in [4.78, 5) is 16.4. The zero-order valence-electron chi connectivity index (χ0n) is 16.6. The minimum absolute atomic E-state index is 0.0704. The molecule has 3 aromatic heterocycles. The van der Waals surface area contributed by atoms with Gasteiger partial charge in [0.1, 0.15) is 17.3 Å². The zero-order chi connectivity index (χ0) is 20.1. The number of nitrogens with zero attached hydrogens (tertiary/aromatic N) is 3. The molecular formula is C23H24N4O2. The molecule has 0 amide bonds. The molecule has 0 fully saturated rings. The normalized spacial score (nSPS) is 11.1. The molecule has 4 rings (SSSR count). The number of nitrogens with one attached hydrogen (secondary N) is 1. The molecule has 0 spiro atoms. The number of aromatic amines is 1. The highest BCUT2D eigenvalue weighted by molar-refractivity contribution is 5.76. The monoisotopic (exact) mass is 388 g/mol. The fraction of sp³-hybridized carbons (Fsp3) is 0.261. The van der Waals surface area contributed by atoms with Crippen molar-refractivity contribution < 1.29 is 9.47 Å². The van der Waals surface area contributed by atoms with E-state index >= 15 is 0 Å². The van der Waals surface area contributed by atoms with Gasteiger partial charge in [-0.25, -0.2) is 9.97 Å². The van der Waals surface area contributed by atoms with Crippen molar-refractivity contribution in [3.8, 4) is 22.9 Å². The number of benzene rings is 1. The predicted octanol–water partition coefficient (Wildman–Crippen LogP) is 4.82. The summed E-state index contributed by atoms with van der Waals surface area (Å²) in [6.45, 7) is 4.62. The van der Waals surface area contributed by atoms with Crippen LogP contribution in [0.2, 0.25) is 0 Å². The summed E-state index contributed by atoms with van der Waals surface area (Å²) in [7, 11) is 0. The molecule has 0 saturated carbocycles. The van der Waals surface area contributed by atoms with Crippen molar-refractivity contribution in [1.82, 2.24) is 19.9 Å². The number of imidazole rings is 1. The van der Waals surface area contributed by atoms with Gasteiger partial charge >= 0.3 is 0 Å². The Bertz CT molecular complexity index is 1040. The van der Waals surface area contributed by atoms with E-state index in [0.29, 0.717) is 12.3 Å². The minimum Gasteiger partial charge on any atom is -0.493 e. The van der Waals surface area contributed by atoms with Gasteiger partial charge in [0.05, 0.1) is 18.2 Å². The Hall–Kier alpha value is -3.41. The molecule has 1 aromatic carbocycles. The van der Waals surface area contributed by atoms with Gasteiger partial charge in [-0.3, -0.25) is 4.98 Å². The van der Waals surface area contributed by atoms with Crippen molar-refractivity contribution in [3.05, 3.63) is 66.6 Å². The standard InChI is InChI=1S/C23H24N4O2/c1-16(2)29-20-13-18(22-26-21-8-4-10-25-23(21)27-22)12-19(14-20)28-11-5-7-17-6-3-9-24-15-17/h3-4,6,8-10,12-16H,5,7,11H2,1-2H3,(H,25,26,27). The lowest BCUT2D eigenvalue weighted by atomic mass is 10.1. The lowest BCUT2D eigenvalue weighted by molar-refractivity contribution is 0.240. The van der Waals surface area contributed by atoms with Gasteiger partial charge in [0.2, 0.25) is 0 Å². The highest BCUT2D eigenvalue weighted by atomic mass is 16.5. The van der Waals surface area contributed by atoms with Crippen LogP contribution in [0.25, 0.3) is 22.6 Å². The van der Waals surface area contributed by atoms with Gasteiger partial charge in [0.25, 0.3) is 0 Å². The zero-order valence-corrected chi connectivity index (χ0v) is 16.6. The number of hydrogen-bond donors (Lipinski definition) is 1. The van der Waals surface area contributed by atoms with Crippen LogP contribution in [0.4, 0.5) is 0 Å². The molecule has 0 unspecified atom stereocenters. The molecule has 1 N–H and O–H groups in total. The molecule has 0 aliphatic heterocycles. The summed E-state index contributed by atoms with van der Waals surface area (Å²) < 4.78 is 11.9. The largest absolute Gasteiger partial charge is 0.493 e. The van der Waals surface area contributed by atoms with Crippen LogP contribution in [0.3, 0.4) is 0 Å². The molecule has 0 saturated heterocycles. The summed E-state index contributed by atoms with van der Waals surface area (Å²) in [6.07, 6.45) is 7.33. The summed E-state index contributed by atoms with van der Waals surface area (Å²) in [6, 6.07) is 13.8. The van der Waals surface area contributed by atoms with Crippen molar-refractivity contribution in [3.63, 3.8) is 0 Å². The third kappa shape index (κ3) is 4.90. The highest BCUT2D eigenvalue weighted by Crippen LogP contribution is 2.30. The number of pyridine rings is 2. The number of rotatable bonds is 8. The average molecular weight is 388 g/mol. The topological polar surface area (TPSA) is 72.9 Å². The van der Waals surface area contributed by atoms with Crippen LogP contribution >= 0.6 is 0 Å². The van der Waals surface area contributed by atoms with Gasteiger partial charge in [0, 0.05) is 30.2 Å². The number of hydrogen-bond acceptors (Lipinski definition) is 5. The van der Waals surface area contributed by atoms with Crippen molar-refractivity contribution in [2.75, 3.05) is 6.61 Å². The lowest BCUT2D eigenvalue weighted by Crippen LogP contribution is -2.06. The van der Waals surface area contributed by atoms with E-state index in [9.17, 15) is 0 Å². The Morgan fingerprint density at radius 3 is 2.69 bits per heavy atom. The first kappa shape index (κ1) is 18.9. The summed E-state index contributed by atoms with van der Waals surface area (Å²) in [5, 5.41) is 0. The van der Waals surface area contributed by atoms with E-state index in [1.165, 1.54) is 5.56 Å². The van der Waals surface area contributed by atoms with Gasteiger partial charge < -0.3 is 14.5 Å². The van der Waals surface area contributed by atoms with Crippen LogP contribution in [0.1, 0.15) is 25.8 Å². The van der Waals surface area contributed by atoms with Crippen molar-refractivity contribution in [2.45, 2.75) is 32.8 Å². The van der Waals surface area contributed by atoms with E-state index in [1.54, 1.807) is 12.4 Å². The van der Waals surface area contributed by atoms with Crippen molar-refractivity contribution >= 4 is 11.2 Å². The van der Waals surface area contributed by atoms with Crippen LogP contribution in [-0.2, 0) is 6.42 Å².